The first kappa shape index (κ1) is 24.0. The normalized spacial score (nSPS) is 22.3. The van der Waals surface area contributed by atoms with Crippen molar-refractivity contribution in [3.63, 3.8) is 0 Å². The first-order valence-corrected chi connectivity index (χ1v) is 12.5. The molecule has 5 rings (SSSR count). The van der Waals surface area contributed by atoms with Gasteiger partial charge in [-0.15, -0.1) is 0 Å². The van der Waals surface area contributed by atoms with Gasteiger partial charge in [-0.25, -0.2) is 8.78 Å². The molecule has 8 nitrogen and oxygen atoms in total. The van der Waals surface area contributed by atoms with Crippen LogP contribution >= 0.6 is 0 Å². The number of rotatable bonds is 10. The van der Waals surface area contributed by atoms with Crippen molar-refractivity contribution in [3.8, 4) is 5.75 Å². The number of methoxy groups -OCH3 is 1. The zero-order valence-electron chi connectivity index (χ0n) is 20.0. The fourth-order valence-electron chi connectivity index (χ4n) is 5.25. The third kappa shape index (κ3) is 5.58. The van der Waals surface area contributed by atoms with Crippen LogP contribution in [0.15, 0.2) is 16.7 Å². The van der Waals surface area contributed by atoms with Crippen LogP contribution in [0.3, 0.4) is 0 Å². The lowest BCUT2D eigenvalue weighted by molar-refractivity contribution is -0.133. The summed E-state index contributed by atoms with van der Waals surface area (Å²) in [7, 11) is 1.60. The molecule has 1 saturated carbocycles. The number of hydrogen-bond acceptors (Lipinski definition) is 7. The number of likely N-dealkylation sites (tertiary alicyclic amines) is 1. The fraction of sp³-hybridized carbons (Fsp3) is 0.640. The Morgan fingerprint density at radius 1 is 1.17 bits per heavy atom. The van der Waals surface area contributed by atoms with E-state index in [0.717, 1.165) is 38.8 Å². The van der Waals surface area contributed by atoms with E-state index >= 15 is 0 Å². The summed E-state index contributed by atoms with van der Waals surface area (Å²) in [5.41, 5.74) is -0.182. The topological polar surface area (TPSA) is 80.9 Å². The number of ether oxygens (including phenoxy) is 2. The molecular formula is C25H32F2N4O4. The van der Waals surface area contributed by atoms with Gasteiger partial charge in [-0.3, -0.25) is 4.79 Å². The van der Waals surface area contributed by atoms with E-state index in [9.17, 15) is 13.6 Å². The number of carbonyl (C=O) groups is 1. The van der Waals surface area contributed by atoms with Crippen LogP contribution < -0.4 is 9.64 Å². The number of anilines is 1. The van der Waals surface area contributed by atoms with Crippen LogP contribution in [0, 0.1) is 29.4 Å². The summed E-state index contributed by atoms with van der Waals surface area (Å²) < 4.78 is 44.9. The van der Waals surface area contributed by atoms with E-state index in [1.807, 2.05) is 0 Å². The average Bonchev–Trinajstić information content (AvgIpc) is 3.42. The molecule has 0 unspecified atom stereocenters. The molecule has 2 atom stereocenters. The third-order valence-electron chi connectivity index (χ3n) is 7.53. The SMILES string of the molecule is COCc1noc(N2CCC([C@@H]3C[C@H]3CCOc3cc(F)c(CC(=O)N4CCC4)c(F)c3)CC2)n1. The molecular weight excluding hydrogens is 458 g/mol. The molecule has 3 heterocycles. The minimum Gasteiger partial charge on any atom is -0.493 e. The van der Waals surface area contributed by atoms with Crippen molar-refractivity contribution < 1.29 is 27.6 Å². The predicted octanol–water partition coefficient (Wildman–Crippen LogP) is 3.59. The van der Waals surface area contributed by atoms with Crippen molar-refractivity contribution in [2.45, 2.75) is 45.1 Å². The zero-order chi connectivity index (χ0) is 24.4. The van der Waals surface area contributed by atoms with Crippen LogP contribution in [0.4, 0.5) is 14.8 Å². The van der Waals surface area contributed by atoms with E-state index < -0.39 is 11.6 Å². The van der Waals surface area contributed by atoms with Crippen LogP contribution in [0.2, 0.25) is 0 Å². The summed E-state index contributed by atoms with van der Waals surface area (Å²) in [5.74, 6) is 0.986. The number of amides is 1. The molecule has 2 aromatic rings. The molecule has 0 radical (unpaired) electrons. The number of aromatic nitrogens is 2. The molecule has 190 valence electrons. The lowest BCUT2D eigenvalue weighted by Crippen LogP contribution is -2.43. The lowest BCUT2D eigenvalue weighted by Gasteiger charge is -2.31. The maximum Gasteiger partial charge on any atom is 0.324 e. The van der Waals surface area contributed by atoms with Gasteiger partial charge in [-0.05, 0) is 49.9 Å². The van der Waals surface area contributed by atoms with Gasteiger partial charge in [0.15, 0.2) is 5.82 Å². The number of nitrogens with zero attached hydrogens (tertiary/aromatic N) is 4. The van der Waals surface area contributed by atoms with E-state index in [1.54, 1.807) is 12.0 Å². The summed E-state index contributed by atoms with van der Waals surface area (Å²) in [6.45, 7) is 3.88. The van der Waals surface area contributed by atoms with Crippen LogP contribution in [-0.4, -0.2) is 60.8 Å². The van der Waals surface area contributed by atoms with Crippen molar-refractivity contribution in [1.29, 1.82) is 0 Å². The summed E-state index contributed by atoms with van der Waals surface area (Å²) in [6, 6.07) is 2.95. The molecule has 35 heavy (non-hydrogen) atoms. The Morgan fingerprint density at radius 3 is 2.57 bits per heavy atom. The van der Waals surface area contributed by atoms with Crippen molar-refractivity contribution in [2.75, 3.05) is 44.8 Å². The van der Waals surface area contributed by atoms with Gasteiger partial charge in [0.1, 0.15) is 24.0 Å². The van der Waals surface area contributed by atoms with Crippen molar-refractivity contribution in [3.05, 3.63) is 35.2 Å². The number of hydrogen-bond donors (Lipinski definition) is 0. The largest absolute Gasteiger partial charge is 0.493 e. The highest BCUT2D eigenvalue weighted by Crippen LogP contribution is 2.50. The summed E-state index contributed by atoms with van der Waals surface area (Å²) in [5, 5.41) is 3.93. The summed E-state index contributed by atoms with van der Waals surface area (Å²) in [6.07, 6.45) is 4.90. The van der Waals surface area contributed by atoms with Gasteiger partial charge < -0.3 is 23.8 Å². The smallest absolute Gasteiger partial charge is 0.324 e. The van der Waals surface area contributed by atoms with Gasteiger partial charge in [-0.1, -0.05) is 5.16 Å². The fourth-order valence-corrected chi connectivity index (χ4v) is 5.25. The van der Waals surface area contributed by atoms with E-state index in [-0.39, 0.29) is 23.6 Å². The second-order valence-corrected chi connectivity index (χ2v) is 9.82. The number of halogens is 2. The minimum atomic E-state index is -0.722. The number of piperidine rings is 1. The van der Waals surface area contributed by atoms with Crippen LogP contribution in [-0.2, 0) is 22.6 Å². The Morgan fingerprint density at radius 2 is 1.91 bits per heavy atom. The quantitative estimate of drug-likeness (QED) is 0.504. The molecule has 0 N–H and O–H groups in total. The standard InChI is InChI=1S/C25H32F2N4O4/c1-33-15-23-28-25(35-29-23)31-8-3-16(4-9-31)19-11-17(19)5-10-34-18-12-21(26)20(22(27)13-18)14-24(32)30-6-2-7-30/h12-13,16-17,19H,2-11,14-15H2,1H3/t17-,19+/m1/s1. The molecule has 10 heteroatoms. The highest BCUT2D eigenvalue weighted by Gasteiger charge is 2.43. The second kappa shape index (κ2) is 10.5. The van der Waals surface area contributed by atoms with Gasteiger partial charge in [0.05, 0.1) is 13.0 Å². The van der Waals surface area contributed by atoms with Gasteiger partial charge in [-0.2, -0.15) is 4.98 Å². The maximum atomic E-state index is 14.4. The first-order valence-electron chi connectivity index (χ1n) is 12.5. The van der Waals surface area contributed by atoms with Gasteiger partial charge >= 0.3 is 6.01 Å². The minimum absolute atomic E-state index is 0.179. The molecule has 2 saturated heterocycles. The molecule has 0 bridgehead atoms. The number of carbonyl (C=O) groups excluding carboxylic acids is 1. The molecule has 1 aromatic carbocycles. The van der Waals surface area contributed by atoms with Crippen molar-refractivity contribution >= 4 is 11.9 Å². The third-order valence-corrected chi connectivity index (χ3v) is 7.53. The van der Waals surface area contributed by atoms with Gasteiger partial charge in [0.2, 0.25) is 5.91 Å². The highest BCUT2D eigenvalue weighted by molar-refractivity contribution is 5.79. The molecule has 1 amide bonds. The van der Waals surface area contributed by atoms with Crippen LogP contribution in [0.25, 0.3) is 0 Å². The molecule has 3 fully saturated rings. The van der Waals surface area contributed by atoms with E-state index in [2.05, 4.69) is 15.0 Å². The average molecular weight is 491 g/mol. The van der Waals surface area contributed by atoms with Crippen LogP contribution in [0.1, 0.15) is 43.5 Å². The predicted molar refractivity (Wildman–Crippen MR) is 123 cm³/mol. The Kier molecular flexibility index (Phi) is 7.17. The van der Waals surface area contributed by atoms with E-state index in [1.165, 1.54) is 18.6 Å². The second-order valence-electron chi connectivity index (χ2n) is 9.82. The Labute approximate surface area is 203 Å². The van der Waals surface area contributed by atoms with Crippen molar-refractivity contribution in [1.82, 2.24) is 15.0 Å². The Hall–Kier alpha value is -2.75. The summed E-state index contributed by atoms with van der Waals surface area (Å²) in [4.78, 5) is 20.2. The zero-order valence-corrected chi connectivity index (χ0v) is 20.0. The highest BCUT2D eigenvalue weighted by atomic mass is 19.1. The van der Waals surface area contributed by atoms with Crippen molar-refractivity contribution in [2.24, 2.45) is 17.8 Å². The van der Waals surface area contributed by atoms with E-state index in [0.29, 0.717) is 55.9 Å². The lowest BCUT2D eigenvalue weighted by atomic mass is 9.90. The monoisotopic (exact) mass is 490 g/mol. The van der Waals surface area contributed by atoms with Crippen LogP contribution in [0.5, 0.6) is 5.75 Å². The Bertz CT molecular complexity index is 1010. The molecule has 0 spiro atoms. The molecule has 1 aliphatic carbocycles. The molecule has 1 aromatic heterocycles. The van der Waals surface area contributed by atoms with Gasteiger partial charge in [0.25, 0.3) is 0 Å². The Balaban J connectivity index is 1.04. The first-order chi connectivity index (χ1) is 17.0. The molecule has 3 aliphatic rings. The van der Waals surface area contributed by atoms with Gasteiger partial charge in [0, 0.05) is 51.0 Å². The maximum absolute atomic E-state index is 14.4. The van der Waals surface area contributed by atoms with E-state index in [4.69, 9.17) is 14.0 Å². The molecule has 2 aliphatic heterocycles. The summed E-state index contributed by atoms with van der Waals surface area (Å²) >= 11 is 0. The number of benzene rings is 1.